The molecule has 0 radical (unpaired) electrons. The number of furan rings is 1. The molecular weight excluding hydrogens is 308 g/mol. The molecule has 18 heavy (non-hydrogen) atoms. The van der Waals surface area contributed by atoms with Gasteiger partial charge in [0.15, 0.2) is 5.69 Å². The first-order chi connectivity index (χ1) is 8.59. The first-order valence-corrected chi connectivity index (χ1v) is 5.57. The molecule has 0 atom stereocenters. The van der Waals surface area contributed by atoms with Crippen molar-refractivity contribution in [1.29, 1.82) is 0 Å². The molecule has 0 aromatic carbocycles. The smallest absolute Gasteiger partial charge is 0.357 e. The van der Waals surface area contributed by atoms with Crippen LogP contribution in [-0.2, 0) is 6.54 Å². The normalized spacial score (nSPS) is 10.3. The summed E-state index contributed by atoms with van der Waals surface area (Å²) in [4.78, 5) is 21.6. The van der Waals surface area contributed by atoms with E-state index in [9.17, 15) is 14.9 Å². The Hall–Kier alpha value is -2.16. The summed E-state index contributed by atoms with van der Waals surface area (Å²) in [6, 6.07) is 3.39. The fourth-order valence-electron chi connectivity index (χ4n) is 1.25. The van der Waals surface area contributed by atoms with E-state index in [0.29, 0.717) is 5.76 Å². The molecule has 2 aromatic rings. The monoisotopic (exact) mass is 314 g/mol. The van der Waals surface area contributed by atoms with Crippen LogP contribution in [-0.4, -0.2) is 21.0 Å². The van der Waals surface area contributed by atoms with Gasteiger partial charge in [0.1, 0.15) is 10.2 Å². The van der Waals surface area contributed by atoms with Crippen LogP contribution in [0.1, 0.15) is 16.2 Å². The van der Waals surface area contributed by atoms with Crippen molar-refractivity contribution < 1.29 is 14.1 Å². The molecular formula is C9H7BrN4O4. The number of aromatic nitrogens is 2. The van der Waals surface area contributed by atoms with Crippen LogP contribution in [0, 0.1) is 10.1 Å². The molecule has 1 amide bonds. The zero-order valence-corrected chi connectivity index (χ0v) is 10.4. The van der Waals surface area contributed by atoms with Gasteiger partial charge in [-0.1, -0.05) is 5.10 Å². The minimum atomic E-state index is -0.666. The molecule has 0 aliphatic rings. The third kappa shape index (κ3) is 2.40. The van der Waals surface area contributed by atoms with Crippen molar-refractivity contribution in [3.8, 4) is 0 Å². The van der Waals surface area contributed by atoms with E-state index in [0.717, 1.165) is 0 Å². The van der Waals surface area contributed by atoms with E-state index < -0.39 is 10.8 Å². The van der Waals surface area contributed by atoms with Crippen molar-refractivity contribution in [2.24, 2.45) is 0 Å². The number of H-pyrrole nitrogens is 1. The van der Waals surface area contributed by atoms with Crippen LogP contribution in [0.4, 0.5) is 5.82 Å². The van der Waals surface area contributed by atoms with Crippen molar-refractivity contribution in [1.82, 2.24) is 15.5 Å². The summed E-state index contributed by atoms with van der Waals surface area (Å²) >= 11 is 2.95. The highest BCUT2D eigenvalue weighted by Crippen LogP contribution is 2.25. The molecule has 2 rings (SSSR count). The quantitative estimate of drug-likeness (QED) is 0.657. The van der Waals surface area contributed by atoms with E-state index in [-0.39, 0.29) is 22.5 Å². The second-order valence-electron chi connectivity index (χ2n) is 3.25. The SMILES string of the molecule is O=C(NCc1ccco1)c1n[nH]c([N+](=O)[O-])c1Br. The molecule has 2 N–H and O–H groups in total. The van der Waals surface area contributed by atoms with Crippen LogP contribution in [0.5, 0.6) is 0 Å². The number of carbonyl (C=O) groups excluding carboxylic acids is 1. The van der Waals surface area contributed by atoms with Crippen LogP contribution < -0.4 is 5.32 Å². The fraction of sp³-hybridized carbons (Fsp3) is 0.111. The van der Waals surface area contributed by atoms with Crippen molar-refractivity contribution in [2.45, 2.75) is 6.54 Å². The maximum atomic E-state index is 11.7. The van der Waals surface area contributed by atoms with E-state index in [1.165, 1.54) is 6.26 Å². The average Bonchev–Trinajstić information content (AvgIpc) is 2.94. The second-order valence-corrected chi connectivity index (χ2v) is 4.05. The fourth-order valence-corrected chi connectivity index (χ4v) is 1.76. The zero-order chi connectivity index (χ0) is 13.1. The van der Waals surface area contributed by atoms with Gasteiger partial charge in [-0.25, -0.2) is 0 Å². The van der Waals surface area contributed by atoms with E-state index >= 15 is 0 Å². The highest BCUT2D eigenvalue weighted by Gasteiger charge is 2.24. The van der Waals surface area contributed by atoms with Gasteiger partial charge in [-0.2, -0.15) is 0 Å². The van der Waals surface area contributed by atoms with Crippen LogP contribution in [0.15, 0.2) is 27.3 Å². The first kappa shape index (κ1) is 12.3. The Morgan fingerprint density at radius 3 is 3.00 bits per heavy atom. The van der Waals surface area contributed by atoms with Crippen molar-refractivity contribution in [3.63, 3.8) is 0 Å². The Bertz CT molecular complexity index is 577. The lowest BCUT2D eigenvalue weighted by atomic mass is 10.3. The van der Waals surface area contributed by atoms with Gasteiger partial charge in [-0.3, -0.25) is 4.79 Å². The molecule has 0 saturated heterocycles. The average molecular weight is 315 g/mol. The number of hydrogen-bond donors (Lipinski definition) is 2. The highest BCUT2D eigenvalue weighted by atomic mass is 79.9. The van der Waals surface area contributed by atoms with E-state index in [4.69, 9.17) is 4.42 Å². The van der Waals surface area contributed by atoms with Crippen LogP contribution >= 0.6 is 15.9 Å². The lowest BCUT2D eigenvalue weighted by Crippen LogP contribution is -2.23. The van der Waals surface area contributed by atoms with Gasteiger partial charge < -0.3 is 19.8 Å². The van der Waals surface area contributed by atoms with E-state index in [2.05, 4.69) is 31.4 Å². The van der Waals surface area contributed by atoms with Crippen LogP contribution in [0.3, 0.4) is 0 Å². The number of nitrogens with one attached hydrogen (secondary N) is 2. The Morgan fingerprint density at radius 2 is 2.44 bits per heavy atom. The molecule has 0 unspecified atom stereocenters. The lowest BCUT2D eigenvalue weighted by Gasteiger charge is -1.99. The third-order valence-electron chi connectivity index (χ3n) is 2.09. The largest absolute Gasteiger partial charge is 0.467 e. The summed E-state index contributed by atoms with van der Waals surface area (Å²) in [6.45, 7) is 0.179. The van der Waals surface area contributed by atoms with Crippen LogP contribution in [0.25, 0.3) is 0 Å². The van der Waals surface area contributed by atoms with Crippen LogP contribution in [0.2, 0.25) is 0 Å². The van der Waals surface area contributed by atoms with E-state index in [1.54, 1.807) is 12.1 Å². The van der Waals surface area contributed by atoms with Gasteiger partial charge in [0.2, 0.25) is 0 Å². The molecule has 8 nitrogen and oxygen atoms in total. The third-order valence-corrected chi connectivity index (χ3v) is 2.84. The number of hydrogen-bond acceptors (Lipinski definition) is 5. The van der Waals surface area contributed by atoms with Gasteiger partial charge in [0, 0.05) is 0 Å². The minimum Gasteiger partial charge on any atom is -0.467 e. The second kappa shape index (κ2) is 5.00. The Kier molecular flexibility index (Phi) is 3.42. The zero-order valence-electron chi connectivity index (χ0n) is 8.84. The van der Waals surface area contributed by atoms with Gasteiger partial charge in [0.05, 0.1) is 12.8 Å². The summed E-state index contributed by atoms with van der Waals surface area (Å²) in [7, 11) is 0. The first-order valence-electron chi connectivity index (χ1n) is 4.78. The topological polar surface area (TPSA) is 114 Å². The van der Waals surface area contributed by atoms with Crippen molar-refractivity contribution in [2.75, 3.05) is 0 Å². The van der Waals surface area contributed by atoms with E-state index in [1.807, 2.05) is 0 Å². The number of carbonyl (C=O) groups is 1. The lowest BCUT2D eigenvalue weighted by molar-refractivity contribution is -0.390. The number of nitro groups is 1. The summed E-state index contributed by atoms with van der Waals surface area (Å²) < 4.78 is 5.05. The molecule has 0 fully saturated rings. The highest BCUT2D eigenvalue weighted by molar-refractivity contribution is 9.10. The van der Waals surface area contributed by atoms with Crippen molar-refractivity contribution >= 4 is 27.7 Å². The molecule has 0 aliphatic carbocycles. The molecule has 2 aromatic heterocycles. The molecule has 0 saturated carbocycles. The van der Waals surface area contributed by atoms with Gasteiger partial charge in [-0.05, 0) is 33.0 Å². The summed E-state index contributed by atoms with van der Waals surface area (Å²) in [5, 5.41) is 18.8. The predicted octanol–water partition coefficient (Wildman–Crippen LogP) is 1.60. The number of amides is 1. The van der Waals surface area contributed by atoms with Gasteiger partial charge >= 0.3 is 5.82 Å². The molecule has 0 aliphatic heterocycles. The predicted molar refractivity (Wildman–Crippen MR) is 62.8 cm³/mol. The number of halogens is 1. The molecule has 0 bridgehead atoms. The number of nitrogens with zero attached hydrogens (tertiary/aromatic N) is 2. The summed E-state index contributed by atoms with van der Waals surface area (Å²) in [5.74, 6) is -0.328. The Labute approximate surface area is 109 Å². The Morgan fingerprint density at radius 1 is 1.67 bits per heavy atom. The van der Waals surface area contributed by atoms with Gasteiger partial charge in [-0.15, -0.1) is 5.10 Å². The molecule has 9 heteroatoms. The molecule has 2 heterocycles. The Balaban J connectivity index is 2.07. The maximum absolute atomic E-state index is 11.7. The molecule has 0 spiro atoms. The molecule has 94 valence electrons. The summed E-state index contributed by atoms with van der Waals surface area (Å²) in [6.07, 6.45) is 1.48. The maximum Gasteiger partial charge on any atom is 0.357 e. The number of rotatable bonds is 4. The standard InChI is InChI=1S/C9H7BrN4O4/c10-6-7(12-13-8(6)14(16)17)9(15)11-4-5-2-1-3-18-5/h1-3H,4H2,(H,11,15)(H,12,13). The van der Waals surface area contributed by atoms with Gasteiger partial charge in [0.25, 0.3) is 5.91 Å². The minimum absolute atomic E-state index is 0.0180. The van der Waals surface area contributed by atoms with Crippen molar-refractivity contribution in [3.05, 3.63) is 44.4 Å². The summed E-state index contributed by atoms with van der Waals surface area (Å²) in [5.41, 5.74) is -0.0757. The number of aromatic amines is 1.